The van der Waals surface area contributed by atoms with E-state index in [1.54, 1.807) is 6.07 Å². The van der Waals surface area contributed by atoms with Gasteiger partial charge < -0.3 is 9.30 Å². The van der Waals surface area contributed by atoms with Gasteiger partial charge in [-0.3, -0.25) is 0 Å². The highest BCUT2D eigenvalue weighted by Gasteiger charge is 2.13. The van der Waals surface area contributed by atoms with Crippen molar-refractivity contribution in [1.29, 1.82) is 0 Å². The third-order valence-electron chi connectivity index (χ3n) is 4.79. The van der Waals surface area contributed by atoms with E-state index in [-0.39, 0.29) is 5.75 Å². The molecule has 6 heteroatoms. The van der Waals surface area contributed by atoms with Gasteiger partial charge in [0.25, 0.3) is 0 Å². The van der Waals surface area contributed by atoms with Crippen molar-refractivity contribution in [2.45, 2.75) is 19.8 Å². The maximum absolute atomic E-state index is 14.2. The lowest BCUT2D eigenvalue weighted by atomic mass is 10.1. The average Bonchev–Trinajstić information content (AvgIpc) is 3.07. The summed E-state index contributed by atoms with van der Waals surface area (Å²) in [5, 5.41) is 0.710. The van der Waals surface area contributed by atoms with Gasteiger partial charge >= 0.3 is 0 Å². The number of fused-ring (bicyclic) bond motifs is 1. The fourth-order valence-electron chi connectivity index (χ4n) is 3.38. The molecular weight excluding hydrogens is 355 g/mol. The summed E-state index contributed by atoms with van der Waals surface area (Å²) in [5.41, 5.74) is 3.53. The third kappa shape index (κ3) is 3.45. The summed E-state index contributed by atoms with van der Waals surface area (Å²) in [4.78, 5) is 13.7. The maximum Gasteiger partial charge on any atom is 0.165 e. The molecule has 5 nitrogen and oxygen atoms in total. The number of benzene rings is 2. The summed E-state index contributed by atoms with van der Waals surface area (Å²) in [5.74, 6) is 1.39. The predicted molar refractivity (Wildman–Crippen MR) is 107 cm³/mol. The van der Waals surface area contributed by atoms with Crippen LogP contribution in [0.15, 0.2) is 48.7 Å². The molecule has 0 bridgehead atoms. The number of nitrogens with zero attached hydrogens (tertiary/aromatic N) is 4. The summed E-state index contributed by atoms with van der Waals surface area (Å²) < 4.78 is 21.3. The second kappa shape index (κ2) is 7.38. The highest BCUT2D eigenvalue weighted by atomic mass is 19.1. The Balaban J connectivity index is 1.64. The Morgan fingerprint density at radius 3 is 2.57 bits per heavy atom. The first-order valence-corrected chi connectivity index (χ1v) is 9.13. The van der Waals surface area contributed by atoms with Crippen LogP contribution in [0, 0.1) is 12.7 Å². The molecule has 0 aliphatic carbocycles. The largest absolute Gasteiger partial charge is 0.494 e. The number of aryl methyl sites for hydroxylation is 4. The Bertz CT molecular complexity index is 1140. The van der Waals surface area contributed by atoms with Gasteiger partial charge in [0.05, 0.1) is 24.0 Å². The molecule has 0 N–H and O–H groups in total. The van der Waals surface area contributed by atoms with Crippen LogP contribution in [0.1, 0.15) is 17.3 Å². The summed E-state index contributed by atoms with van der Waals surface area (Å²) in [7, 11) is 3.44. The number of rotatable bonds is 5. The number of imidazole rings is 1. The molecule has 0 fully saturated rings. The minimum Gasteiger partial charge on any atom is -0.494 e. The fraction of sp³-hybridized carbons (Fsp3) is 0.227. The van der Waals surface area contributed by atoms with Crippen LogP contribution in [0.5, 0.6) is 5.75 Å². The molecule has 4 aromatic rings. The van der Waals surface area contributed by atoms with Crippen LogP contribution in [0.2, 0.25) is 0 Å². The van der Waals surface area contributed by atoms with Crippen LogP contribution < -0.4 is 4.74 Å². The van der Waals surface area contributed by atoms with Gasteiger partial charge in [-0.2, -0.15) is 0 Å². The summed E-state index contributed by atoms with van der Waals surface area (Å²) in [6, 6.07) is 13.2. The van der Waals surface area contributed by atoms with Gasteiger partial charge in [0.1, 0.15) is 11.6 Å². The van der Waals surface area contributed by atoms with Gasteiger partial charge in [0.15, 0.2) is 11.6 Å². The van der Waals surface area contributed by atoms with Gasteiger partial charge in [-0.25, -0.2) is 19.3 Å². The number of ether oxygens (including phenoxy) is 1. The van der Waals surface area contributed by atoms with Crippen LogP contribution in [0.4, 0.5) is 4.39 Å². The van der Waals surface area contributed by atoms with E-state index in [2.05, 4.69) is 9.97 Å². The normalized spacial score (nSPS) is 11.1. The molecule has 142 valence electrons. The number of methoxy groups -OCH3 is 1. The van der Waals surface area contributed by atoms with E-state index in [1.807, 2.05) is 55.1 Å². The van der Waals surface area contributed by atoms with Crippen molar-refractivity contribution >= 4 is 10.9 Å². The van der Waals surface area contributed by atoms with Crippen molar-refractivity contribution in [3.63, 3.8) is 0 Å². The SMILES string of the molecule is COc1cc2nc(C)nc(CCc3nc(-c4ccccc4)cn3C)c2cc1F. The molecule has 2 aromatic carbocycles. The average molecular weight is 376 g/mol. The quantitative estimate of drug-likeness (QED) is 0.522. The van der Waals surface area contributed by atoms with E-state index in [0.29, 0.717) is 29.6 Å². The van der Waals surface area contributed by atoms with Crippen LogP contribution in [-0.2, 0) is 19.9 Å². The highest BCUT2D eigenvalue weighted by Crippen LogP contribution is 2.26. The third-order valence-corrected chi connectivity index (χ3v) is 4.79. The Kier molecular flexibility index (Phi) is 4.77. The lowest BCUT2D eigenvalue weighted by Crippen LogP contribution is -2.04. The zero-order valence-electron chi connectivity index (χ0n) is 16.1. The molecule has 2 heterocycles. The lowest BCUT2D eigenvalue weighted by Gasteiger charge is -2.09. The Morgan fingerprint density at radius 2 is 1.82 bits per heavy atom. The molecule has 0 unspecified atom stereocenters. The van der Waals surface area contributed by atoms with Gasteiger partial charge in [-0.05, 0) is 19.4 Å². The Labute approximate surface area is 162 Å². The van der Waals surface area contributed by atoms with E-state index in [0.717, 1.165) is 22.8 Å². The zero-order valence-corrected chi connectivity index (χ0v) is 16.1. The molecule has 0 saturated heterocycles. The van der Waals surface area contributed by atoms with Crippen molar-refractivity contribution in [3.8, 4) is 17.0 Å². The fourth-order valence-corrected chi connectivity index (χ4v) is 3.38. The van der Waals surface area contributed by atoms with Crippen molar-refractivity contribution < 1.29 is 9.13 Å². The van der Waals surface area contributed by atoms with Gasteiger partial charge in [0.2, 0.25) is 0 Å². The van der Waals surface area contributed by atoms with Crippen LogP contribution >= 0.6 is 0 Å². The van der Waals surface area contributed by atoms with Crippen molar-refractivity contribution in [1.82, 2.24) is 19.5 Å². The van der Waals surface area contributed by atoms with E-state index in [9.17, 15) is 4.39 Å². The van der Waals surface area contributed by atoms with E-state index < -0.39 is 5.82 Å². The standard InChI is InChI=1S/C22H21FN4O/c1-14-24-18(16-11-17(23)21(28-3)12-19(16)25-14)9-10-22-26-20(13-27(22)2)15-7-5-4-6-8-15/h4-8,11-13H,9-10H2,1-3H3. The molecule has 0 radical (unpaired) electrons. The maximum atomic E-state index is 14.2. The van der Waals surface area contributed by atoms with Crippen molar-refractivity contribution in [3.05, 3.63) is 71.8 Å². The van der Waals surface area contributed by atoms with Gasteiger partial charge in [-0.15, -0.1) is 0 Å². The van der Waals surface area contributed by atoms with E-state index in [4.69, 9.17) is 9.72 Å². The molecule has 28 heavy (non-hydrogen) atoms. The highest BCUT2D eigenvalue weighted by molar-refractivity contribution is 5.82. The molecular formula is C22H21FN4O. The summed E-state index contributed by atoms with van der Waals surface area (Å²) >= 11 is 0. The van der Waals surface area contributed by atoms with Crippen LogP contribution in [0.25, 0.3) is 22.2 Å². The number of aromatic nitrogens is 4. The second-order valence-electron chi connectivity index (χ2n) is 6.74. The Morgan fingerprint density at radius 1 is 1.04 bits per heavy atom. The topological polar surface area (TPSA) is 52.8 Å². The molecule has 0 atom stereocenters. The molecule has 0 aliphatic rings. The molecule has 0 saturated carbocycles. The first kappa shape index (κ1) is 18.1. The van der Waals surface area contributed by atoms with E-state index in [1.165, 1.54) is 13.2 Å². The predicted octanol–water partition coefficient (Wildman–Crippen LogP) is 4.27. The van der Waals surface area contributed by atoms with Crippen molar-refractivity contribution in [2.75, 3.05) is 7.11 Å². The van der Waals surface area contributed by atoms with Gasteiger partial charge in [-0.1, -0.05) is 30.3 Å². The molecule has 0 amide bonds. The van der Waals surface area contributed by atoms with Crippen molar-refractivity contribution in [2.24, 2.45) is 7.05 Å². The number of hydrogen-bond donors (Lipinski definition) is 0. The molecule has 0 aliphatic heterocycles. The number of halogens is 1. The van der Waals surface area contributed by atoms with E-state index >= 15 is 0 Å². The minimum atomic E-state index is -0.410. The molecule has 2 aromatic heterocycles. The van der Waals surface area contributed by atoms with Crippen LogP contribution in [-0.4, -0.2) is 26.6 Å². The smallest absolute Gasteiger partial charge is 0.165 e. The van der Waals surface area contributed by atoms with Crippen LogP contribution in [0.3, 0.4) is 0 Å². The van der Waals surface area contributed by atoms with Gasteiger partial charge in [0, 0.05) is 36.7 Å². The second-order valence-corrected chi connectivity index (χ2v) is 6.74. The zero-order chi connectivity index (χ0) is 19.7. The molecule has 0 spiro atoms. The first-order chi connectivity index (χ1) is 13.5. The molecule has 4 rings (SSSR count). The number of hydrogen-bond acceptors (Lipinski definition) is 4. The first-order valence-electron chi connectivity index (χ1n) is 9.13. The minimum absolute atomic E-state index is 0.188. The summed E-state index contributed by atoms with van der Waals surface area (Å²) in [6.07, 6.45) is 3.37. The summed E-state index contributed by atoms with van der Waals surface area (Å²) in [6.45, 7) is 1.84. The monoisotopic (exact) mass is 376 g/mol. The Hall–Kier alpha value is -3.28. The lowest BCUT2D eigenvalue weighted by molar-refractivity contribution is 0.387.